The standard InChI is InChI=1S/C28H23Cl2N3O6S2/c29-22-9-6-10-23(27(22)30)32-41(37,38)21-15-13-20(14-16-21)31-28(34)26-17-33(24-11-4-5-12-25(24)39-26)40(35,36)18-19-7-2-1-3-8-19/h1-16,26,32H,17-18H2,(H,31,34)/t26-/m1/s1. The highest BCUT2D eigenvalue weighted by atomic mass is 35.5. The van der Waals surface area contributed by atoms with Gasteiger partial charge in [-0.25, -0.2) is 16.8 Å². The van der Waals surface area contributed by atoms with Gasteiger partial charge in [0.05, 0.1) is 38.6 Å². The van der Waals surface area contributed by atoms with Gasteiger partial charge >= 0.3 is 0 Å². The molecule has 0 aromatic heterocycles. The fraction of sp³-hybridized carbons (Fsp3) is 0.107. The van der Waals surface area contributed by atoms with Gasteiger partial charge in [-0.2, -0.15) is 0 Å². The largest absolute Gasteiger partial charge is 0.476 e. The zero-order chi connectivity index (χ0) is 29.2. The van der Waals surface area contributed by atoms with Crippen molar-refractivity contribution in [3.05, 3.63) is 113 Å². The number of amides is 1. The van der Waals surface area contributed by atoms with Crippen molar-refractivity contribution in [2.75, 3.05) is 20.9 Å². The first-order valence-electron chi connectivity index (χ1n) is 12.2. The van der Waals surface area contributed by atoms with Crippen LogP contribution in [0, 0.1) is 0 Å². The van der Waals surface area contributed by atoms with Crippen LogP contribution in [0.25, 0.3) is 0 Å². The molecule has 41 heavy (non-hydrogen) atoms. The summed E-state index contributed by atoms with van der Waals surface area (Å²) >= 11 is 12.1. The van der Waals surface area contributed by atoms with Crippen molar-refractivity contribution in [1.29, 1.82) is 0 Å². The topological polar surface area (TPSA) is 122 Å². The lowest BCUT2D eigenvalue weighted by Crippen LogP contribution is -2.49. The summed E-state index contributed by atoms with van der Waals surface area (Å²) in [5.74, 6) is -0.595. The van der Waals surface area contributed by atoms with Gasteiger partial charge in [-0.15, -0.1) is 0 Å². The van der Waals surface area contributed by atoms with E-state index in [9.17, 15) is 21.6 Å². The van der Waals surface area contributed by atoms with Crippen LogP contribution in [0.1, 0.15) is 5.56 Å². The monoisotopic (exact) mass is 631 g/mol. The Morgan fingerprint density at radius 3 is 2.27 bits per heavy atom. The molecule has 1 aliphatic rings. The van der Waals surface area contributed by atoms with Gasteiger partial charge in [-0.3, -0.25) is 13.8 Å². The van der Waals surface area contributed by atoms with Gasteiger partial charge < -0.3 is 10.1 Å². The minimum absolute atomic E-state index is 0.0653. The number of fused-ring (bicyclic) bond motifs is 1. The fourth-order valence-corrected chi connectivity index (χ4v) is 7.25. The summed E-state index contributed by atoms with van der Waals surface area (Å²) in [7, 11) is -7.87. The second kappa shape index (κ2) is 11.6. The average molecular weight is 633 g/mol. The molecule has 1 atom stereocenters. The minimum atomic E-state index is -4.01. The molecule has 5 rings (SSSR count). The molecule has 0 spiro atoms. The first kappa shape index (κ1) is 28.7. The van der Waals surface area contributed by atoms with E-state index in [1.165, 1.54) is 40.7 Å². The van der Waals surface area contributed by atoms with Crippen LogP contribution in [-0.2, 0) is 30.6 Å². The summed E-state index contributed by atoms with van der Waals surface area (Å²) in [6.45, 7) is -0.241. The van der Waals surface area contributed by atoms with Crippen molar-refractivity contribution in [2.24, 2.45) is 0 Å². The molecule has 0 unspecified atom stereocenters. The van der Waals surface area contributed by atoms with Crippen molar-refractivity contribution in [2.45, 2.75) is 16.8 Å². The molecular weight excluding hydrogens is 609 g/mol. The van der Waals surface area contributed by atoms with Crippen LogP contribution in [0.3, 0.4) is 0 Å². The number of nitrogens with zero attached hydrogens (tertiary/aromatic N) is 1. The van der Waals surface area contributed by atoms with E-state index in [-0.39, 0.29) is 44.4 Å². The minimum Gasteiger partial charge on any atom is -0.476 e. The normalized spacial score (nSPS) is 15.0. The van der Waals surface area contributed by atoms with Crippen LogP contribution in [0.4, 0.5) is 17.1 Å². The number of hydrogen-bond donors (Lipinski definition) is 2. The molecule has 0 saturated heterocycles. The van der Waals surface area contributed by atoms with E-state index in [1.54, 1.807) is 60.7 Å². The Labute approximate surface area is 247 Å². The second-order valence-electron chi connectivity index (χ2n) is 9.07. The predicted octanol–water partition coefficient (Wildman–Crippen LogP) is 5.53. The van der Waals surface area contributed by atoms with Crippen molar-refractivity contribution >= 4 is 66.2 Å². The number of rotatable bonds is 8. The van der Waals surface area contributed by atoms with Gasteiger partial charge in [0.2, 0.25) is 10.0 Å². The van der Waals surface area contributed by atoms with Crippen LogP contribution < -0.4 is 19.1 Å². The summed E-state index contributed by atoms with van der Waals surface area (Å²) < 4.78 is 61.9. The average Bonchev–Trinajstić information content (AvgIpc) is 2.95. The maximum absolute atomic E-state index is 13.4. The Bertz CT molecular complexity index is 1800. The SMILES string of the molecule is O=C(Nc1ccc(S(=O)(=O)Nc2cccc(Cl)c2Cl)cc1)[C@H]1CN(S(=O)(=O)Cc2ccccc2)c2ccccc2O1. The first-order valence-corrected chi connectivity index (χ1v) is 16.1. The lowest BCUT2D eigenvalue weighted by molar-refractivity contribution is -0.122. The van der Waals surface area contributed by atoms with Crippen LogP contribution in [-0.4, -0.2) is 35.4 Å². The highest BCUT2D eigenvalue weighted by Crippen LogP contribution is 2.36. The number of anilines is 3. The molecule has 4 aromatic rings. The van der Waals surface area contributed by atoms with Gasteiger partial charge in [-0.05, 0) is 54.1 Å². The Balaban J connectivity index is 1.32. The number of ether oxygens (including phenoxy) is 1. The van der Waals surface area contributed by atoms with Crippen molar-refractivity contribution in [3.8, 4) is 5.75 Å². The number of para-hydroxylation sites is 2. The maximum atomic E-state index is 13.4. The maximum Gasteiger partial charge on any atom is 0.267 e. The third-order valence-corrected chi connectivity index (χ3v) is 10.1. The zero-order valence-corrected chi connectivity index (χ0v) is 24.3. The Morgan fingerprint density at radius 1 is 0.854 bits per heavy atom. The predicted molar refractivity (Wildman–Crippen MR) is 160 cm³/mol. The quantitative estimate of drug-likeness (QED) is 0.264. The second-order valence-corrected chi connectivity index (χ2v) is 13.4. The Kier molecular flexibility index (Phi) is 8.14. The molecule has 2 N–H and O–H groups in total. The molecule has 9 nitrogen and oxygen atoms in total. The summed E-state index contributed by atoms with van der Waals surface area (Å²) in [6.07, 6.45) is -1.16. The number of sulfonamides is 2. The van der Waals surface area contributed by atoms with E-state index in [4.69, 9.17) is 27.9 Å². The third-order valence-electron chi connectivity index (χ3n) is 6.18. The fourth-order valence-electron chi connectivity index (χ4n) is 4.19. The number of benzene rings is 4. The molecule has 0 saturated carbocycles. The molecule has 0 radical (unpaired) electrons. The lowest BCUT2D eigenvalue weighted by atomic mass is 10.2. The summed E-state index contributed by atoms with van der Waals surface area (Å²) in [4.78, 5) is 13.1. The Morgan fingerprint density at radius 2 is 1.54 bits per heavy atom. The molecule has 13 heteroatoms. The molecule has 0 aliphatic carbocycles. The molecule has 0 fully saturated rings. The van der Waals surface area contributed by atoms with Gasteiger partial charge in [0.25, 0.3) is 15.9 Å². The first-order chi connectivity index (χ1) is 19.5. The summed E-state index contributed by atoms with van der Waals surface area (Å²) in [5, 5.41) is 2.93. The number of hydrogen-bond acceptors (Lipinski definition) is 6. The Hall–Kier alpha value is -3.77. The van der Waals surface area contributed by atoms with E-state index < -0.39 is 32.1 Å². The zero-order valence-electron chi connectivity index (χ0n) is 21.2. The highest BCUT2D eigenvalue weighted by Gasteiger charge is 2.36. The van der Waals surface area contributed by atoms with Gasteiger partial charge in [-0.1, -0.05) is 71.7 Å². The van der Waals surface area contributed by atoms with Crippen LogP contribution in [0.5, 0.6) is 5.75 Å². The van der Waals surface area contributed by atoms with E-state index in [0.717, 1.165) is 0 Å². The van der Waals surface area contributed by atoms with Gasteiger partial charge in [0, 0.05) is 5.69 Å². The lowest BCUT2D eigenvalue weighted by Gasteiger charge is -2.34. The van der Waals surface area contributed by atoms with Crippen molar-refractivity contribution in [1.82, 2.24) is 0 Å². The third kappa shape index (κ3) is 6.43. The van der Waals surface area contributed by atoms with E-state index in [0.29, 0.717) is 11.3 Å². The molecule has 1 amide bonds. The van der Waals surface area contributed by atoms with Crippen LogP contribution >= 0.6 is 23.2 Å². The number of carbonyl (C=O) groups excluding carboxylic acids is 1. The molecule has 1 aliphatic heterocycles. The number of carbonyl (C=O) groups is 1. The van der Waals surface area contributed by atoms with E-state index in [1.807, 2.05) is 0 Å². The smallest absolute Gasteiger partial charge is 0.267 e. The van der Waals surface area contributed by atoms with E-state index in [2.05, 4.69) is 10.0 Å². The van der Waals surface area contributed by atoms with Crippen molar-refractivity contribution in [3.63, 3.8) is 0 Å². The van der Waals surface area contributed by atoms with Crippen LogP contribution in [0.15, 0.2) is 102 Å². The number of halogens is 2. The molecule has 4 aromatic carbocycles. The van der Waals surface area contributed by atoms with Gasteiger partial charge in [0.15, 0.2) is 6.10 Å². The summed E-state index contributed by atoms with van der Waals surface area (Å²) in [6, 6.07) is 25.4. The van der Waals surface area contributed by atoms with Gasteiger partial charge in [0.1, 0.15) is 5.75 Å². The molecule has 0 bridgehead atoms. The van der Waals surface area contributed by atoms with Crippen molar-refractivity contribution < 1.29 is 26.4 Å². The highest BCUT2D eigenvalue weighted by molar-refractivity contribution is 7.92. The summed E-state index contributed by atoms with van der Waals surface area (Å²) in [5.41, 5.74) is 1.36. The molecule has 212 valence electrons. The molecule has 1 heterocycles. The number of nitrogens with one attached hydrogen (secondary N) is 2. The molecular formula is C28H23Cl2N3O6S2. The van der Waals surface area contributed by atoms with Crippen LogP contribution in [0.2, 0.25) is 10.0 Å². The van der Waals surface area contributed by atoms with E-state index >= 15 is 0 Å².